The Kier molecular flexibility index (Phi) is 3.19. The summed E-state index contributed by atoms with van der Waals surface area (Å²) >= 11 is 5.61. The largest absolute Gasteiger partial charge is 0.292 e. The Morgan fingerprint density at radius 2 is 2.00 bits per heavy atom. The first-order valence-corrected chi connectivity index (χ1v) is 5.11. The van der Waals surface area contributed by atoms with Crippen LogP contribution in [-0.4, -0.2) is 15.6 Å². The van der Waals surface area contributed by atoms with Crippen LogP contribution in [0.2, 0.25) is 5.02 Å². The van der Waals surface area contributed by atoms with Gasteiger partial charge >= 0.3 is 0 Å². The minimum absolute atomic E-state index is 0.259. The molecule has 0 aliphatic heterocycles. The minimum Gasteiger partial charge on any atom is -0.292 e. The smallest absolute Gasteiger partial charge is 0.190 e. The fourth-order valence-electron chi connectivity index (χ4n) is 1.42. The summed E-state index contributed by atoms with van der Waals surface area (Å²) in [5.74, 6) is -2.46. The van der Waals surface area contributed by atoms with Crippen molar-refractivity contribution in [3.63, 3.8) is 0 Å². The molecule has 2 rings (SSSR count). The van der Waals surface area contributed by atoms with E-state index >= 15 is 0 Å². The quantitative estimate of drug-likeness (QED) is 0.792. The van der Waals surface area contributed by atoms with Crippen LogP contribution in [-0.2, 0) is 6.54 Å². The molecule has 1 aromatic carbocycles. The number of carbonyl (C=O) groups excluding carboxylic acids is 1. The molecule has 0 saturated carbocycles. The number of benzene rings is 1. The molecular weight excluding hydrogens is 250 g/mol. The van der Waals surface area contributed by atoms with Gasteiger partial charge in [-0.1, -0.05) is 17.7 Å². The molecule has 0 aliphatic rings. The molecule has 1 heterocycles. The first-order valence-electron chi connectivity index (χ1n) is 4.73. The van der Waals surface area contributed by atoms with Crippen LogP contribution in [0.15, 0.2) is 30.6 Å². The van der Waals surface area contributed by atoms with Crippen molar-refractivity contribution in [1.29, 1.82) is 0 Å². The van der Waals surface area contributed by atoms with E-state index in [0.717, 1.165) is 12.1 Å². The van der Waals surface area contributed by atoms with Crippen LogP contribution in [0.25, 0.3) is 0 Å². The second-order valence-electron chi connectivity index (χ2n) is 3.38. The Hall–Kier alpha value is -1.75. The average Bonchev–Trinajstić information content (AvgIpc) is 2.63. The van der Waals surface area contributed by atoms with Crippen LogP contribution >= 0.6 is 11.6 Å². The first kappa shape index (κ1) is 11.7. The van der Waals surface area contributed by atoms with E-state index in [1.807, 2.05) is 0 Å². The Balaban J connectivity index is 2.26. The molecule has 0 radical (unpaired) electrons. The molecule has 0 aliphatic carbocycles. The standard InChI is InChI=1S/C11H7ClF2N2O/c12-7-4-15-16(5-7)6-10(17)11-8(13)2-1-3-9(11)14/h1-5H,6H2. The molecule has 0 amide bonds. The predicted octanol–water partition coefficient (Wildman–Crippen LogP) is 2.70. The highest BCUT2D eigenvalue weighted by Gasteiger charge is 2.17. The highest BCUT2D eigenvalue weighted by atomic mass is 35.5. The lowest BCUT2D eigenvalue weighted by molar-refractivity contribution is 0.0959. The van der Waals surface area contributed by atoms with E-state index in [1.54, 1.807) is 0 Å². The lowest BCUT2D eigenvalue weighted by Gasteiger charge is -2.03. The lowest BCUT2D eigenvalue weighted by Crippen LogP contribution is -2.14. The van der Waals surface area contributed by atoms with Crippen molar-refractivity contribution in [3.8, 4) is 0 Å². The summed E-state index contributed by atoms with van der Waals surface area (Å²) in [6.07, 6.45) is 2.74. The van der Waals surface area contributed by atoms with Gasteiger partial charge < -0.3 is 0 Å². The molecule has 0 saturated heterocycles. The number of halogens is 3. The average molecular weight is 257 g/mol. The maximum Gasteiger partial charge on any atom is 0.190 e. The molecule has 2 aromatic rings. The van der Waals surface area contributed by atoms with Crippen molar-refractivity contribution in [1.82, 2.24) is 9.78 Å². The molecule has 0 unspecified atom stereocenters. The van der Waals surface area contributed by atoms with Crippen LogP contribution < -0.4 is 0 Å². The van der Waals surface area contributed by atoms with E-state index in [2.05, 4.69) is 5.10 Å². The summed E-state index contributed by atoms with van der Waals surface area (Å²) in [5, 5.41) is 4.11. The Labute approximate surface area is 101 Å². The summed E-state index contributed by atoms with van der Waals surface area (Å²) < 4.78 is 27.8. The molecule has 0 atom stereocenters. The number of Topliss-reactive ketones (excluding diaryl/α,β-unsaturated/α-hetero) is 1. The summed E-state index contributed by atoms with van der Waals surface area (Å²) in [6, 6.07) is 3.27. The van der Waals surface area contributed by atoms with Gasteiger partial charge in [0.05, 0.1) is 16.8 Å². The van der Waals surface area contributed by atoms with Crippen molar-refractivity contribution >= 4 is 17.4 Å². The van der Waals surface area contributed by atoms with Crippen LogP contribution in [0.5, 0.6) is 0 Å². The molecule has 0 bridgehead atoms. The summed E-state index contributed by atoms with van der Waals surface area (Å²) in [4.78, 5) is 11.7. The maximum atomic E-state index is 13.3. The Morgan fingerprint density at radius 3 is 2.53 bits per heavy atom. The third-order valence-corrected chi connectivity index (χ3v) is 2.34. The van der Waals surface area contributed by atoms with Crippen molar-refractivity contribution in [3.05, 3.63) is 52.8 Å². The van der Waals surface area contributed by atoms with Gasteiger partial charge in [0.25, 0.3) is 0 Å². The van der Waals surface area contributed by atoms with Gasteiger partial charge in [0.15, 0.2) is 5.78 Å². The van der Waals surface area contributed by atoms with Gasteiger partial charge in [-0.3, -0.25) is 9.48 Å². The molecule has 0 fully saturated rings. The molecule has 88 valence electrons. The molecule has 1 aromatic heterocycles. The normalized spacial score (nSPS) is 10.5. The fraction of sp³-hybridized carbons (Fsp3) is 0.0909. The number of nitrogens with zero attached hydrogens (tertiary/aromatic N) is 2. The van der Waals surface area contributed by atoms with Crippen LogP contribution in [0, 0.1) is 11.6 Å². The van der Waals surface area contributed by atoms with Crippen LogP contribution in [0.4, 0.5) is 8.78 Å². The van der Waals surface area contributed by atoms with E-state index in [0.29, 0.717) is 5.02 Å². The first-order chi connectivity index (χ1) is 8.08. The van der Waals surface area contributed by atoms with E-state index in [-0.39, 0.29) is 6.54 Å². The van der Waals surface area contributed by atoms with E-state index in [9.17, 15) is 13.6 Å². The molecule has 0 N–H and O–H groups in total. The van der Waals surface area contributed by atoms with Crippen LogP contribution in [0.3, 0.4) is 0 Å². The minimum atomic E-state index is -0.881. The second kappa shape index (κ2) is 4.63. The highest BCUT2D eigenvalue weighted by Crippen LogP contribution is 2.14. The Morgan fingerprint density at radius 1 is 1.35 bits per heavy atom. The molecule has 3 nitrogen and oxygen atoms in total. The zero-order valence-corrected chi connectivity index (χ0v) is 9.29. The number of carbonyl (C=O) groups is 1. The summed E-state index contributed by atoms with van der Waals surface area (Å²) in [5.41, 5.74) is -0.556. The van der Waals surface area contributed by atoms with Gasteiger partial charge in [0, 0.05) is 6.20 Å². The third kappa shape index (κ3) is 2.50. The van der Waals surface area contributed by atoms with E-state index in [4.69, 9.17) is 11.6 Å². The topological polar surface area (TPSA) is 34.9 Å². The van der Waals surface area contributed by atoms with Gasteiger partial charge in [-0.25, -0.2) is 8.78 Å². The summed E-state index contributed by atoms with van der Waals surface area (Å²) in [6.45, 7) is -0.259. The zero-order valence-electron chi connectivity index (χ0n) is 8.53. The molecule has 17 heavy (non-hydrogen) atoms. The fourth-order valence-corrected chi connectivity index (χ4v) is 1.57. The number of hydrogen-bond donors (Lipinski definition) is 0. The van der Waals surface area contributed by atoms with Crippen molar-refractivity contribution in [2.45, 2.75) is 6.54 Å². The van der Waals surface area contributed by atoms with Crippen molar-refractivity contribution in [2.24, 2.45) is 0 Å². The second-order valence-corrected chi connectivity index (χ2v) is 3.81. The van der Waals surface area contributed by atoms with Crippen molar-refractivity contribution in [2.75, 3.05) is 0 Å². The van der Waals surface area contributed by atoms with Crippen molar-refractivity contribution < 1.29 is 13.6 Å². The molecular formula is C11H7ClF2N2O. The van der Waals surface area contributed by atoms with Gasteiger partial charge in [0.1, 0.15) is 18.2 Å². The lowest BCUT2D eigenvalue weighted by atomic mass is 10.1. The maximum absolute atomic E-state index is 13.3. The summed E-state index contributed by atoms with van der Waals surface area (Å²) in [7, 11) is 0. The number of rotatable bonds is 3. The number of ketones is 1. The third-order valence-electron chi connectivity index (χ3n) is 2.15. The molecule has 0 spiro atoms. The zero-order chi connectivity index (χ0) is 12.4. The van der Waals surface area contributed by atoms with Gasteiger partial charge in [0.2, 0.25) is 0 Å². The van der Waals surface area contributed by atoms with Gasteiger partial charge in [-0.2, -0.15) is 5.10 Å². The highest BCUT2D eigenvalue weighted by molar-refractivity contribution is 6.30. The SMILES string of the molecule is O=C(Cn1cc(Cl)cn1)c1c(F)cccc1F. The monoisotopic (exact) mass is 256 g/mol. The van der Waals surface area contributed by atoms with Gasteiger partial charge in [-0.15, -0.1) is 0 Å². The number of hydrogen-bond acceptors (Lipinski definition) is 2. The predicted molar refractivity (Wildman–Crippen MR) is 57.9 cm³/mol. The van der Waals surface area contributed by atoms with E-state index in [1.165, 1.54) is 23.1 Å². The van der Waals surface area contributed by atoms with E-state index < -0.39 is 23.0 Å². The van der Waals surface area contributed by atoms with Gasteiger partial charge in [-0.05, 0) is 12.1 Å². The number of aromatic nitrogens is 2. The van der Waals surface area contributed by atoms with Crippen LogP contribution in [0.1, 0.15) is 10.4 Å². The Bertz CT molecular complexity index is 548. The molecule has 6 heteroatoms.